The second-order valence-electron chi connectivity index (χ2n) is 7.15. The number of aliphatic hydroxyl groups is 1. The van der Waals surface area contributed by atoms with Crippen molar-refractivity contribution in [2.24, 2.45) is 0 Å². The van der Waals surface area contributed by atoms with Crippen LogP contribution in [0, 0.1) is 0 Å². The van der Waals surface area contributed by atoms with E-state index in [-0.39, 0.29) is 17.5 Å². The van der Waals surface area contributed by atoms with E-state index in [1.807, 2.05) is 20.8 Å². The molecule has 0 saturated carbocycles. The van der Waals surface area contributed by atoms with E-state index in [1.54, 1.807) is 29.2 Å². The Morgan fingerprint density at radius 3 is 2.74 bits per heavy atom. The molecular weight excluding hydrogens is 389 g/mol. The minimum absolute atomic E-state index is 0.162. The van der Waals surface area contributed by atoms with Gasteiger partial charge in [0.25, 0.3) is 0 Å². The number of hydrogen-bond acceptors (Lipinski definition) is 4. The quantitative estimate of drug-likeness (QED) is 0.292. The Hall–Kier alpha value is -1.47. The van der Waals surface area contributed by atoms with Gasteiger partial charge in [-0.25, -0.2) is 4.79 Å². The number of nitrogens with two attached hydrogens (primary N) is 1. The van der Waals surface area contributed by atoms with Crippen LogP contribution in [0.3, 0.4) is 0 Å². The number of hydrogen-bond donors (Lipinski definition) is 2. The molecule has 2 amide bonds. The summed E-state index contributed by atoms with van der Waals surface area (Å²) in [6.45, 7) is 10.1. The number of carbonyl (C=O) groups excluding carboxylic acids is 1. The van der Waals surface area contributed by atoms with Gasteiger partial charge in [-0.1, -0.05) is 17.7 Å². The molecule has 1 heterocycles. The summed E-state index contributed by atoms with van der Waals surface area (Å²) in [6, 6.07) is 4.58. The van der Waals surface area contributed by atoms with Gasteiger partial charge in [-0.15, -0.1) is 18.2 Å². The molecule has 1 aromatic rings. The Morgan fingerprint density at radius 2 is 2.15 bits per heavy atom. The molecule has 150 valence electrons. The Balaban J connectivity index is 2.06. The first kappa shape index (κ1) is 21.8. The van der Waals surface area contributed by atoms with E-state index in [9.17, 15) is 9.90 Å². The zero-order valence-electron chi connectivity index (χ0n) is 15.9. The molecule has 3 unspecified atom stereocenters. The number of anilines is 2. The van der Waals surface area contributed by atoms with Gasteiger partial charge in [-0.05, 0) is 45.4 Å². The first-order valence-electron chi connectivity index (χ1n) is 8.83. The third-order valence-electron chi connectivity index (χ3n) is 4.85. The second-order valence-corrected chi connectivity index (χ2v) is 8.06. The van der Waals surface area contributed by atoms with E-state index in [2.05, 4.69) is 6.58 Å². The highest BCUT2D eigenvalue weighted by molar-refractivity contribution is 6.33. The van der Waals surface area contributed by atoms with Crippen molar-refractivity contribution < 1.29 is 14.6 Å². The van der Waals surface area contributed by atoms with Gasteiger partial charge in [-0.2, -0.15) is 0 Å². The fourth-order valence-corrected chi connectivity index (χ4v) is 3.26. The lowest BCUT2D eigenvalue weighted by Gasteiger charge is -2.32. The number of halogens is 2. The van der Waals surface area contributed by atoms with Crippen LogP contribution in [-0.2, 0) is 4.74 Å². The number of nitrogens with zero attached hydrogens (tertiary/aromatic N) is 2. The maximum atomic E-state index is 13.0. The van der Waals surface area contributed by atoms with Crippen LogP contribution in [0.15, 0.2) is 30.9 Å². The Morgan fingerprint density at radius 1 is 1.48 bits per heavy atom. The first-order valence-corrected chi connectivity index (χ1v) is 9.64. The van der Waals surface area contributed by atoms with Crippen LogP contribution >= 0.6 is 23.2 Å². The van der Waals surface area contributed by atoms with Gasteiger partial charge in [0.05, 0.1) is 27.7 Å². The molecule has 0 bridgehead atoms. The van der Waals surface area contributed by atoms with Crippen molar-refractivity contribution >= 4 is 40.6 Å². The topological polar surface area (TPSA) is 79.0 Å². The molecule has 1 aliphatic heterocycles. The van der Waals surface area contributed by atoms with Crippen LogP contribution in [-0.4, -0.2) is 52.4 Å². The Kier molecular flexibility index (Phi) is 7.03. The number of ether oxygens (including phenoxy) is 1. The molecule has 0 radical (unpaired) electrons. The van der Waals surface area contributed by atoms with Crippen LogP contribution in [0.1, 0.15) is 27.2 Å². The van der Waals surface area contributed by atoms with Crippen molar-refractivity contribution in [2.45, 2.75) is 50.4 Å². The zero-order valence-corrected chi connectivity index (χ0v) is 17.4. The van der Waals surface area contributed by atoms with Gasteiger partial charge in [0, 0.05) is 18.8 Å². The fraction of sp³-hybridized carbons (Fsp3) is 0.526. The second kappa shape index (κ2) is 8.69. The molecule has 8 heteroatoms. The minimum Gasteiger partial charge on any atom is -0.398 e. The van der Waals surface area contributed by atoms with Crippen LogP contribution in [0.25, 0.3) is 0 Å². The van der Waals surface area contributed by atoms with Crippen molar-refractivity contribution in [3.8, 4) is 0 Å². The average Bonchev–Trinajstić information content (AvgIpc) is 2.79. The summed E-state index contributed by atoms with van der Waals surface area (Å²) in [4.78, 5) is 15.9. The lowest BCUT2D eigenvalue weighted by Crippen LogP contribution is -2.47. The zero-order chi connectivity index (χ0) is 20.4. The van der Waals surface area contributed by atoms with E-state index in [0.29, 0.717) is 36.0 Å². The van der Waals surface area contributed by atoms with Gasteiger partial charge in [0.1, 0.15) is 0 Å². The monoisotopic (exact) mass is 415 g/mol. The molecule has 1 saturated heterocycles. The maximum absolute atomic E-state index is 13.0. The van der Waals surface area contributed by atoms with Gasteiger partial charge < -0.3 is 20.5 Å². The molecule has 1 fully saturated rings. The van der Waals surface area contributed by atoms with E-state index in [1.165, 1.54) is 4.90 Å². The molecule has 0 spiro atoms. The van der Waals surface area contributed by atoms with Gasteiger partial charge >= 0.3 is 6.03 Å². The molecule has 27 heavy (non-hydrogen) atoms. The number of alkyl halides is 1. The van der Waals surface area contributed by atoms with Crippen LogP contribution in [0.5, 0.6) is 0 Å². The average molecular weight is 416 g/mol. The number of benzene rings is 1. The molecule has 1 aromatic carbocycles. The number of urea groups is 1. The lowest BCUT2D eigenvalue weighted by atomic mass is 10.0. The third-order valence-corrected chi connectivity index (χ3v) is 5.71. The first-order chi connectivity index (χ1) is 12.6. The number of rotatable bonds is 8. The highest BCUT2D eigenvalue weighted by Gasteiger charge is 2.51. The number of nitrogen functional groups attached to an aromatic ring is 1. The fourth-order valence-electron chi connectivity index (χ4n) is 3.01. The standard InChI is InChI=1S/C19H27Cl2N3O3/c1-5-14(20)12(2)27-10-6-9-23-18(26)24(17(25)19(23,3)4)13-7-8-16(22)15(21)11-13/h5,7-8,11-12,14,17,25H,1,6,9-10,22H2,2-4H3. The predicted octanol–water partition coefficient (Wildman–Crippen LogP) is 3.85. The normalized spacial score (nSPS) is 21.4. The van der Waals surface area contributed by atoms with Gasteiger partial charge in [-0.3, -0.25) is 4.90 Å². The summed E-state index contributed by atoms with van der Waals surface area (Å²) in [5, 5.41) is 10.8. The largest absolute Gasteiger partial charge is 0.398 e. The number of aliphatic hydroxyl groups excluding tert-OH is 1. The number of carbonyl (C=O) groups is 1. The summed E-state index contributed by atoms with van der Waals surface area (Å²) in [5.41, 5.74) is 5.89. The van der Waals surface area contributed by atoms with Crippen LogP contribution < -0.4 is 10.6 Å². The molecule has 1 aliphatic rings. The molecule has 3 N–H and O–H groups in total. The molecule has 6 nitrogen and oxygen atoms in total. The number of amides is 2. The minimum atomic E-state index is -1.02. The van der Waals surface area contributed by atoms with Gasteiger partial charge in [0.2, 0.25) is 0 Å². The smallest absolute Gasteiger partial charge is 0.327 e. The summed E-state index contributed by atoms with van der Waals surface area (Å²) < 4.78 is 5.68. The SMILES string of the molecule is C=CC(Cl)C(C)OCCCN1C(=O)N(c2ccc(N)c(Cl)c2)C(O)C1(C)C. The van der Waals surface area contributed by atoms with E-state index >= 15 is 0 Å². The molecule has 3 atom stereocenters. The highest BCUT2D eigenvalue weighted by atomic mass is 35.5. The molecule has 0 aliphatic carbocycles. The highest BCUT2D eigenvalue weighted by Crippen LogP contribution is 2.37. The third kappa shape index (κ3) is 4.51. The van der Waals surface area contributed by atoms with Crippen molar-refractivity contribution in [3.05, 3.63) is 35.9 Å². The van der Waals surface area contributed by atoms with E-state index in [0.717, 1.165) is 0 Å². The summed E-state index contributed by atoms with van der Waals surface area (Å²) in [6.07, 6.45) is 1.07. The van der Waals surface area contributed by atoms with Crippen molar-refractivity contribution in [1.82, 2.24) is 4.90 Å². The summed E-state index contributed by atoms with van der Waals surface area (Å²) >= 11 is 12.1. The van der Waals surface area contributed by atoms with Crippen molar-refractivity contribution in [1.29, 1.82) is 0 Å². The van der Waals surface area contributed by atoms with Crippen LogP contribution in [0.4, 0.5) is 16.2 Å². The molecule has 2 rings (SSSR count). The van der Waals surface area contributed by atoms with Gasteiger partial charge in [0.15, 0.2) is 6.23 Å². The predicted molar refractivity (Wildman–Crippen MR) is 110 cm³/mol. The maximum Gasteiger partial charge on any atom is 0.327 e. The summed E-state index contributed by atoms with van der Waals surface area (Å²) in [5.74, 6) is 0. The van der Waals surface area contributed by atoms with E-state index < -0.39 is 11.8 Å². The molecular formula is C19H27Cl2N3O3. The van der Waals surface area contributed by atoms with Crippen LogP contribution in [0.2, 0.25) is 5.02 Å². The van der Waals surface area contributed by atoms with Crippen molar-refractivity contribution in [3.63, 3.8) is 0 Å². The Labute approximate surface area is 170 Å². The van der Waals surface area contributed by atoms with Crippen molar-refractivity contribution in [2.75, 3.05) is 23.8 Å². The lowest BCUT2D eigenvalue weighted by molar-refractivity contribution is 0.0413. The molecule has 0 aromatic heterocycles. The van der Waals surface area contributed by atoms with E-state index in [4.69, 9.17) is 33.7 Å². The Bertz CT molecular complexity index is 699. The summed E-state index contributed by atoms with van der Waals surface area (Å²) in [7, 11) is 0.